The van der Waals surface area contributed by atoms with Crippen LogP contribution in [0.4, 0.5) is 0 Å². The first-order valence-corrected chi connectivity index (χ1v) is 6.83. The highest BCUT2D eigenvalue weighted by Gasteiger charge is 2.11. The van der Waals surface area contributed by atoms with Crippen molar-refractivity contribution in [2.24, 2.45) is 0 Å². The Morgan fingerprint density at radius 3 is 2.72 bits per heavy atom. The van der Waals surface area contributed by atoms with Gasteiger partial charge in [-0.15, -0.1) is 0 Å². The molecule has 2 aromatic carbocycles. The predicted molar refractivity (Wildman–Crippen MR) is 76.9 cm³/mol. The van der Waals surface area contributed by atoms with Gasteiger partial charge in [-0.3, -0.25) is 0 Å². The van der Waals surface area contributed by atoms with Crippen LogP contribution in [0.25, 0.3) is 10.8 Å². The number of benzene rings is 2. The standard InChI is InChI=1S/C16H20N2/c1-2-4-15-11-13(5-7-14(15)3-1)6-8-16-12-17-9-10-18-16/h1-5,7,11,16-18H,6,8-10,12H2. The molecule has 0 bridgehead atoms. The first kappa shape index (κ1) is 11.7. The van der Waals surface area contributed by atoms with Gasteiger partial charge in [-0.25, -0.2) is 0 Å². The Morgan fingerprint density at radius 1 is 1.00 bits per heavy atom. The van der Waals surface area contributed by atoms with E-state index in [0.29, 0.717) is 6.04 Å². The van der Waals surface area contributed by atoms with Crippen LogP contribution in [0.1, 0.15) is 12.0 Å². The quantitative estimate of drug-likeness (QED) is 0.860. The molecule has 18 heavy (non-hydrogen) atoms. The lowest BCUT2D eigenvalue weighted by atomic mass is 10.0. The summed E-state index contributed by atoms with van der Waals surface area (Å²) in [7, 11) is 0. The summed E-state index contributed by atoms with van der Waals surface area (Å²) in [5.41, 5.74) is 1.45. The Labute approximate surface area is 108 Å². The minimum Gasteiger partial charge on any atom is -0.314 e. The summed E-state index contributed by atoms with van der Waals surface area (Å²) in [5, 5.41) is 9.69. The zero-order valence-electron chi connectivity index (χ0n) is 10.7. The molecule has 1 atom stereocenters. The van der Waals surface area contributed by atoms with Gasteiger partial charge in [-0.1, -0.05) is 42.5 Å². The lowest BCUT2D eigenvalue weighted by Crippen LogP contribution is -2.48. The number of nitrogens with one attached hydrogen (secondary N) is 2. The van der Waals surface area contributed by atoms with E-state index in [0.717, 1.165) is 26.1 Å². The maximum atomic E-state index is 3.56. The van der Waals surface area contributed by atoms with Crippen LogP contribution in [-0.2, 0) is 6.42 Å². The molecule has 0 saturated carbocycles. The van der Waals surface area contributed by atoms with Crippen molar-refractivity contribution in [1.82, 2.24) is 10.6 Å². The molecule has 1 fully saturated rings. The molecule has 1 unspecified atom stereocenters. The minimum absolute atomic E-state index is 0.630. The van der Waals surface area contributed by atoms with Crippen molar-refractivity contribution >= 4 is 10.8 Å². The first-order chi connectivity index (χ1) is 8.92. The Hall–Kier alpha value is -1.38. The monoisotopic (exact) mass is 240 g/mol. The second-order valence-corrected chi connectivity index (χ2v) is 5.08. The summed E-state index contributed by atoms with van der Waals surface area (Å²) in [6, 6.07) is 16.0. The summed E-state index contributed by atoms with van der Waals surface area (Å²) >= 11 is 0. The fourth-order valence-electron chi connectivity index (χ4n) is 2.65. The Morgan fingerprint density at radius 2 is 1.89 bits per heavy atom. The fourth-order valence-corrected chi connectivity index (χ4v) is 2.65. The third-order valence-electron chi connectivity index (χ3n) is 3.72. The number of hydrogen-bond acceptors (Lipinski definition) is 2. The van der Waals surface area contributed by atoms with E-state index >= 15 is 0 Å². The van der Waals surface area contributed by atoms with Crippen molar-refractivity contribution in [1.29, 1.82) is 0 Å². The molecule has 1 aliphatic heterocycles. The van der Waals surface area contributed by atoms with Crippen LogP contribution in [0.3, 0.4) is 0 Å². The van der Waals surface area contributed by atoms with Crippen molar-refractivity contribution < 1.29 is 0 Å². The summed E-state index contributed by atoms with van der Waals surface area (Å²) in [5.74, 6) is 0. The predicted octanol–water partition coefficient (Wildman–Crippen LogP) is 2.33. The van der Waals surface area contributed by atoms with E-state index in [-0.39, 0.29) is 0 Å². The maximum Gasteiger partial charge on any atom is 0.0196 e. The zero-order valence-corrected chi connectivity index (χ0v) is 10.7. The van der Waals surface area contributed by atoms with Crippen molar-refractivity contribution in [2.75, 3.05) is 19.6 Å². The molecule has 94 valence electrons. The van der Waals surface area contributed by atoms with E-state index in [1.165, 1.54) is 22.8 Å². The molecule has 2 heteroatoms. The minimum atomic E-state index is 0.630. The number of rotatable bonds is 3. The van der Waals surface area contributed by atoms with Gasteiger partial charge in [0.1, 0.15) is 0 Å². The molecule has 1 saturated heterocycles. The average Bonchev–Trinajstić information content (AvgIpc) is 2.46. The van der Waals surface area contributed by atoms with Crippen LogP contribution in [0, 0.1) is 0 Å². The third-order valence-corrected chi connectivity index (χ3v) is 3.72. The van der Waals surface area contributed by atoms with Crippen molar-refractivity contribution in [3.63, 3.8) is 0 Å². The molecule has 2 nitrogen and oxygen atoms in total. The molecular weight excluding hydrogens is 220 g/mol. The van der Waals surface area contributed by atoms with E-state index < -0.39 is 0 Å². The molecule has 1 aliphatic rings. The largest absolute Gasteiger partial charge is 0.314 e. The zero-order chi connectivity index (χ0) is 12.2. The van der Waals surface area contributed by atoms with Gasteiger partial charge in [0, 0.05) is 25.7 Å². The molecule has 0 amide bonds. The van der Waals surface area contributed by atoms with Gasteiger partial charge in [0.25, 0.3) is 0 Å². The number of aryl methyl sites for hydroxylation is 1. The molecule has 2 N–H and O–H groups in total. The van der Waals surface area contributed by atoms with Gasteiger partial charge >= 0.3 is 0 Å². The Kier molecular flexibility index (Phi) is 3.58. The second-order valence-electron chi connectivity index (χ2n) is 5.08. The van der Waals surface area contributed by atoms with E-state index in [9.17, 15) is 0 Å². The average molecular weight is 240 g/mol. The van der Waals surface area contributed by atoms with Crippen molar-refractivity contribution in [3.8, 4) is 0 Å². The van der Waals surface area contributed by atoms with Gasteiger partial charge in [-0.2, -0.15) is 0 Å². The van der Waals surface area contributed by atoms with Crippen molar-refractivity contribution in [2.45, 2.75) is 18.9 Å². The molecule has 0 aromatic heterocycles. The summed E-state index contributed by atoms with van der Waals surface area (Å²) in [4.78, 5) is 0. The first-order valence-electron chi connectivity index (χ1n) is 6.83. The van der Waals surface area contributed by atoms with E-state index in [1.807, 2.05) is 0 Å². The normalized spacial score (nSPS) is 20.1. The SMILES string of the molecule is c1ccc2cc(CCC3CNCCN3)ccc2c1. The number of piperazine rings is 1. The van der Waals surface area contributed by atoms with Gasteiger partial charge in [0.2, 0.25) is 0 Å². The fraction of sp³-hybridized carbons (Fsp3) is 0.375. The second kappa shape index (κ2) is 5.51. The van der Waals surface area contributed by atoms with E-state index in [1.54, 1.807) is 0 Å². The highest BCUT2D eigenvalue weighted by atomic mass is 15.0. The van der Waals surface area contributed by atoms with E-state index in [2.05, 4.69) is 53.1 Å². The van der Waals surface area contributed by atoms with Crippen LogP contribution < -0.4 is 10.6 Å². The third kappa shape index (κ3) is 2.71. The molecule has 3 rings (SSSR count). The smallest absolute Gasteiger partial charge is 0.0196 e. The lowest BCUT2D eigenvalue weighted by molar-refractivity contribution is 0.400. The molecule has 1 heterocycles. The van der Waals surface area contributed by atoms with Crippen LogP contribution in [0.5, 0.6) is 0 Å². The Balaban J connectivity index is 1.66. The topological polar surface area (TPSA) is 24.1 Å². The number of fused-ring (bicyclic) bond motifs is 1. The van der Waals surface area contributed by atoms with Gasteiger partial charge in [0.15, 0.2) is 0 Å². The summed E-state index contributed by atoms with van der Waals surface area (Å²) < 4.78 is 0. The highest BCUT2D eigenvalue weighted by Crippen LogP contribution is 2.17. The molecule has 0 aliphatic carbocycles. The molecule has 0 spiro atoms. The summed E-state index contributed by atoms with van der Waals surface area (Å²) in [6.45, 7) is 3.31. The van der Waals surface area contributed by atoms with Crippen LogP contribution in [0.2, 0.25) is 0 Å². The van der Waals surface area contributed by atoms with Crippen molar-refractivity contribution in [3.05, 3.63) is 48.0 Å². The van der Waals surface area contributed by atoms with Gasteiger partial charge < -0.3 is 10.6 Å². The van der Waals surface area contributed by atoms with E-state index in [4.69, 9.17) is 0 Å². The highest BCUT2D eigenvalue weighted by molar-refractivity contribution is 5.82. The van der Waals surface area contributed by atoms with Crippen LogP contribution in [-0.4, -0.2) is 25.7 Å². The molecular formula is C16H20N2. The van der Waals surface area contributed by atoms with Gasteiger partial charge in [-0.05, 0) is 29.2 Å². The van der Waals surface area contributed by atoms with Crippen LogP contribution >= 0.6 is 0 Å². The molecule has 2 aromatic rings. The molecule has 0 radical (unpaired) electrons. The van der Waals surface area contributed by atoms with Crippen LogP contribution in [0.15, 0.2) is 42.5 Å². The lowest BCUT2D eigenvalue weighted by Gasteiger charge is -2.24. The number of hydrogen-bond donors (Lipinski definition) is 2. The maximum absolute atomic E-state index is 3.56. The Bertz CT molecular complexity index is 515. The van der Waals surface area contributed by atoms with Gasteiger partial charge in [0.05, 0.1) is 0 Å². The summed E-state index contributed by atoms with van der Waals surface area (Å²) in [6.07, 6.45) is 2.37.